The van der Waals surface area contributed by atoms with Crippen LogP contribution in [0.1, 0.15) is 5.56 Å². The molecule has 1 N–H and O–H groups in total. The van der Waals surface area contributed by atoms with E-state index in [1.54, 1.807) is 12.1 Å². The van der Waals surface area contributed by atoms with Gasteiger partial charge >= 0.3 is 0 Å². The maximum absolute atomic E-state index is 13.1. The van der Waals surface area contributed by atoms with Crippen molar-refractivity contribution in [2.24, 2.45) is 0 Å². The molecule has 0 amide bonds. The molecule has 6 heteroatoms. The molecule has 0 heterocycles. The molecule has 0 fully saturated rings. The first-order valence-electron chi connectivity index (χ1n) is 5.43. The van der Waals surface area contributed by atoms with Gasteiger partial charge in [0.15, 0.2) is 0 Å². The van der Waals surface area contributed by atoms with E-state index in [0.29, 0.717) is 10.2 Å². The van der Waals surface area contributed by atoms with Crippen molar-refractivity contribution < 1.29 is 12.8 Å². The van der Waals surface area contributed by atoms with Crippen LogP contribution >= 0.6 is 15.9 Å². The fourth-order valence-electron chi connectivity index (χ4n) is 1.56. The normalized spacial score (nSPS) is 11.3. The number of anilines is 1. The number of sulfonamides is 1. The lowest BCUT2D eigenvalue weighted by molar-refractivity contribution is 0.595. The average Bonchev–Trinajstić information content (AvgIpc) is 2.35. The number of hydrogen-bond donors (Lipinski definition) is 1. The molecule has 100 valence electrons. The lowest BCUT2D eigenvalue weighted by Gasteiger charge is -2.11. The molecule has 0 aromatic heterocycles. The highest BCUT2D eigenvalue weighted by molar-refractivity contribution is 9.10. The molecule has 0 saturated carbocycles. The summed E-state index contributed by atoms with van der Waals surface area (Å²) >= 11 is 3.32. The van der Waals surface area contributed by atoms with Gasteiger partial charge in [0.05, 0.1) is 10.6 Å². The maximum atomic E-state index is 13.1. The van der Waals surface area contributed by atoms with E-state index in [1.165, 1.54) is 18.2 Å². The molecule has 3 nitrogen and oxygen atoms in total. The van der Waals surface area contributed by atoms with Crippen molar-refractivity contribution in [3.63, 3.8) is 0 Å². The van der Waals surface area contributed by atoms with Crippen molar-refractivity contribution >= 4 is 31.6 Å². The summed E-state index contributed by atoms with van der Waals surface area (Å²) in [5.41, 5.74) is 1.32. The van der Waals surface area contributed by atoms with Gasteiger partial charge in [0.25, 0.3) is 10.0 Å². The Balaban J connectivity index is 2.39. The van der Waals surface area contributed by atoms with Crippen LogP contribution in [-0.2, 0) is 10.0 Å². The van der Waals surface area contributed by atoms with Gasteiger partial charge in [-0.25, -0.2) is 12.8 Å². The van der Waals surface area contributed by atoms with Crippen molar-refractivity contribution in [3.8, 4) is 0 Å². The number of halogens is 2. The Morgan fingerprint density at radius 3 is 2.53 bits per heavy atom. The molecule has 0 aliphatic heterocycles. The fourth-order valence-corrected chi connectivity index (χ4v) is 3.16. The number of aryl methyl sites for hydroxylation is 1. The van der Waals surface area contributed by atoms with Gasteiger partial charge < -0.3 is 0 Å². The lowest BCUT2D eigenvalue weighted by atomic mass is 10.2. The number of benzene rings is 2. The number of rotatable bonds is 3. The van der Waals surface area contributed by atoms with E-state index in [2.05, 4.69) is 20.7 Å². The van der Waals surface area contributed by atoms with Crippen LogP contribution in [0.3, 0.4) is 0 Å². The molecule has 0 bridgehead atoms. The Morgan fingerprint density at radius 2 is 1.84 bits per heavy atom. The summed E-state index contributed by atoms with van der Waals surface area (Å²) < 4.78 is 40.4. The number of hydrogen-bond acceptors (Lipinski definition) is 2. The molecule has 0 spiro atoms. The molecule has 0 aliphatic rings. The van der Waals surface area contributed by atoms with Gasteiger partial charge in [-0.15, -0.1) is 0 Å². The van der Waals surface area contributed by atoms with Gasteiger partial charge in [-0.1, -0.05) is 18.2 Å². The highest BCUT2D eigenvalue weighted by Crippen LogP contribution is 2.27. The van der Waals surface area contributed by atoms with Gasteiger partial charge in [-0.3, -0.25) is 4.72 Å². The highest BCUT2D eigenvalue weighted by atomic mass is 79.9. The third kappa shape index (κ3) is 3.13. The summed E-state index contributed by atoms with van der Waals surface area (Å²) in [7, 11) is -3.80. The molecular weight excluding hydrogens is 333 g/mol. The molecule has 2 aromatic rings. The SMILES string of the molecule is Cc1cccc(NS(=O)(=O)c2cccc(F)c2)c1Br. The van der Waals surface area contributed by atoms with Crippen LogP contribution in [0.4, 0.5) is 10.1 Å². The second kappa shape index (κ2) is 5.30. The average molecular weight is 344 g/mol. The Hall–Kier alpha value is -1.40. The number of nitrogens with one attached hydrogen (secondary N) is 1. The zero-order valence-corrected chi connectivity index (χ0v) is 12.4. The molecule has 2 aromatic carbocycles. The van der Waals surface area contributed by atoms with Crippen molar-refractivity contribution in [1.29, 1.82) is 0 Å². The molecule has 0 aliphatic carbocycles. The second-order valence-corrected chi connectivity index (χ2v) is 6.47. The van der Waals surface area contributed by atoms with E-state index in [9.17, 15) is 12.8 Å². The van der Waals surface area contributed by atoms with Gasteiger partial charge in [-0.05, 0) is 52.7 Å². The summed E-state index contributed by atoms with van der Waals surface area (Å²) in [4.78, 5) is -0.110. The topological polar surface area (TPSA) is 46.2 Å². The predicted octanol–water partition coefficient (Wildman–Crippen LogP) is 3.70. The van der Waals surface area contributed by atoms with Crippen molar-refractivity contribution in [1.82, 2.24) is 0 Å². The lowest BCUT2D eigenvalue weighted by Crippen LogP contribution is -2.13. The smallest absolute Gasteiger partial charge is 0.262 e. The fraction of sp³-hybridized carbons (Fsp3) is 0.0769. The van der Waals surface area contributed by atoms with E-state index in [1.807, 2.05) is 13.0 Å². The summed E-state index contributed by atoms with van der Waals surface area (Å²) in [5.74, 6) is -0.591. The van der Waals surface area contributed by atoms with Crippen LogP contribution < -0.4 is 4.72 Å². The summed E-state index contributed by atoms with van der Waals surface area (Å²) in [5, 5.41) is 0. The minimum absolute atomic E-state index is 0.110. The van der Waals surface area contributed by atoms with E-state index in [0.717, 1.165) is 11.6 Å². The monoisotopic (exact) mass is 343 g/mol. The molecular formula is C13H11BrFNO2S. The van der Waals surface area contributed by atoms with Crippen molar-refractivity contribution in [3.05, 3.63) is 58.3 Å². The van der Waals surface area contributed by atoms with Crippen LogP contribution in [0.5, 0.6) is 0 Å². The van der Waals surface area contributed by atoms with E-state index < -0.39 is 15.8 Å². The first kappa shape index (κ1) is 14.0. The minimum Gasteiger partial charge on any atom is -0.278 e. The highest BCUT2D eigenvalue weighted by Gasteiger charge is 2.16. The molecule has 0 atom stereocenters. The quantitative estimate of drug-likeness (QED) is 0.923. The maximum Gasteiger partial charge on any atom is 0.262 e. The second-order valence-electron chi connectivity index (χ2n) is 4.00. The van der Waals surface area contributed by atoms with Gasteiger partial charge in [-0.2, -0.15) is 0 Å². The van der Waals surface area contributed by atoms with Crippen molar-refractivity contribution in [2.45, 2.75) is 11.8 Å². The van der Waals surface area contributed by atoms with Crippen LogP contribution in [-0.4, -0.2) is 8.42 Å². The van der Waals surface area contributed by atoms with Gasteiger partial charge in [0.2, 0.25) is 0 Å². The Kier molecular flexibility index (Phi) is 3.91. The Morgan fingerprint density at radius 1 is 1.16 bits per heavy atom. The minimum atomic E-state index is -3.80. The molecule has 0 saturated heterocycles. The zero-order chi connectivity index (χ0) is 14.0. The molecule has 19 heavy (non-hydrogen) atoms. The Bertz CT molecular complexity index is 716. The first-order valence-corrected chi connectivity index (χ1v) is 7.71. The van der Waals surface area contributed by atoms with Gasteiger partial charge in [0, 0.05) is 4.47 Å². The van der Waals surface area contributed by atoms with E-state index >= 15 is 0 Å². The largest absolute Gasteiger partial charge is 0.278 e. The summed E-state index contributed by atoms with van der Waals surface area (Å²) in [6, 6.07) is 10.1. The van der Waals surface area contributed by atoms with Crippen molar-refractivity contribution in [2.75, 3.05) is 4.72 Å². The standard InChI is InChI=1S/C13H11BrFNO2S/c1-9-4-2-7-12(13(9)14)16-19(17,18)11-6-3-5-10(15)8-11/h2-8,16H,1H3. The predicted molar refractivity (Wildman–Crippen MR) is 76.1 cm³/mol. The Labute approximate surface area is 119 Å². The van der Waals surface area contributed by atoms with Gasteiger partial charge in [0.1, 0.15) is 5.82 Å². The van der Waals surface area contributed by atoms with E-state index in [4.69, 9.17) is 0 Å². The van der Waals surface area contributed by atoms with Crippen LogP contribution in [0.25, 0.3) is 0 Å². The first-order chi connectivity index (χ1) is 8.90. The molecule has 0 unspecified atom stereocenters. The molecule has 0 radical (unpaired) electrons. The zero-order valence-electron chi connectivity index (χ0n) is 10.0. The van der Waals surface area contributed by atoms with Crippen LogP contribution in [0, 0.1) is 12.7 Å². The third-order valence-electron chi connectivity index (χ3n) is 2.54. The molecule has 2 rings (SSSR count). The van der Waals surface area contributed by atoms with E-state index in [-0.39, 0.29) is 4.90 Å². The summed E-state index contributed by atoms with van der Waals surface area (Å²) in [6.07, 6.45) is 0. The van der Waals surface area contributed by atoms with Crippen LogP contribution in [0.15, 0.2) is 51.8 Å². The summed E-state index contributed by atoms with van der Waals surface area (Å²) in [6.45, 7) is 1.85. The van der Waals surface area contributed by atoms with Crippen LogP contribution in [0.2, 0.25) is 0 Å². The third-order valence-corrected chi connectivity index (χ3v) is 4.96.